The topological polar surface area (TPSA) is 79.7 Å². The van der Waals surface area contributed by atoms with Crippen molar-refractivity contribution in [3.05, 3.63) is 93.8 Å². The Morgan fingerprint density at radius 3 is 2.72 bits per heavy atom. The Balaban J connectivity index is 1.73. The minimum atomic E-state index is -0.820. The number of carbonyl (C=O) groups is 2. The van der Waals surface area contributed by atoms with Crippen LogP contribution in [0.2, 0.25) is 5.02 Å². The molecular weight excluding hydrogens is 428 g/mol. The fourth-order valence-corrected chi connectivity index (χ4v) is 4.46. The maximum Gasteiger partial charge on any atom is 0.300 e. The first-order chi connectivity index (χ1) is 15.5. The number of Topliss-reactive ketones (excluding diaryl/α,β-unsaturated/α-hetero) is 1. The highest BCUT2D eigenvalue weighted by Crippen LogP contribution is 2.44. The van der Waals surface area contributed by atoms with Gasteiger partial charge in [-0.2, -0.15) is 0 Å². The van der Waals surface area contributed by atoms with Gasteiger partial charge in [0.25, 0.3) is 11.7 Å². The molecule has 1 unspecified atom stereocenters. The van der Waals surface area contributed by atoms with Gasteiger partial charge in [-0.1, -0.05) is 17.7 Å². The molecule has 1 saturated heterocycles. The third-order valence-electron chi connectivity index (χ3n) is 5.93. The number of hydrogen-bond acceptors (Lipinski definition) is 5. The highest BCUT2D eigenvalue weighted by molar-refractivity contribution is 6.52. The standard InChI is InChI=1S/C25H19ClN2O4/c1-14-18(26)3-2-4-19(14)28-22(15-7-10-27-11-8-15)21(24(30)25(28)31)23(29)17-5-6-20-16(13-17)9-12-32-20/h2-8,10-11,13,22,29H,9,12H2,1H3/b23-21-. The van der Waals surface area contributed by atoms with Crippen LogP contribution in [0.15, 0.2) is 66.5 Å². The molecule has 3 aromatic rings. The van der Waals surface area contributed by atoms with Crippen LogP contribution in [0.25, 0.3) is 5.76 Å². The second-order valence-corrected chi connectivity index (χ2v) is 8.16. The second-order valence-electron chi connectivity index (χ2n) is 7.75. The SMILES string of the molecule is Cc1c(Cl)cccc1N1C(=O)C(=O)/C(=C(\O)c2ccc3c(c2)CCO3)C1c1ccncc1. The molecule has 2 aliphatic rings. The van der Waals surface area contributed by atoms with Gasteiger partial charge in [0.1, 0.15) is 11.5 Å². The number of anilines is 1. The molecule has 1 aromatic heterocycles. The number of nitrogens with zero attached hydrogens (tertiary/aromatic N) is 2. The van der Waals surface area contributed by atoms with Crippen molar-refractivity contribution in [3.8, 4) is 5.75 Å². The number of aliphatic hydroxyl groups excluding tert-OH is 1. The zero-order valence-electron chi connectivity index (χ0n) is 17.2. The molecule has 6 nitrogen and oxygen atoms in total. The Hall–Kier alpha value is -3.64. The van der Waals surface area contributed by atoms with Crippen molar-refractivity contribution in [2.45, 2.75) is 19.4 Å². The van der Waals surface area contributed by atoms with Crippen molar-refractivity contribution in [2.75, 3.05) is 11.5 Å². The molecule has 0 bridgehead atoms. The van der Waals surface area contributed by atoms with Gasteiger partial charge in [-0.05, 0) is 66.1 Å². The average Bonchev–Trinajstić information content (AvgIpc) is 3.38. The van der Waals surface area contributed by atoms with Crippen molar-refractivity contribution < 1.29 is 19.4 Å². The quantitative estimate of drug-likeness (QED) is 0.361. The van der Waals surface area contributed by atoms with Crippen LogP contribution in [0.3, 0.4) is 0 Å². The first kappa shape index (κ1) is 20.3. The van der Waals surface area contributed by atoms with E-state index in [0.29, 0.717) is 34.0 Å². The maximum atomic E-state index is 13.2. The Bertz CT molecular complexity index is 1290. The predicted octanol–water partition coefficient (Wildman–Crippen LogP) is 4.60. The van der Waals surface area contributed by atoms with E-state index in [0.717, 1.165) is 17.7 Å². The Labute approximate surface area is 189 Å². The fraction of sp³-hybridized carbons (Fsp3) is 0.160. The lowest BCUT2D eigenvalue weighted by Gasteiger charge is -2.27. The number of hydrogen-bond donors (Lipinski definition) is 1. The maximum absolute atomic E-state index is 13.2. The summed E-state index contributed by atoms with van der Waals surface area (Å²) >= 11 is 6.31. The Kier molecular flexibility index (Phi) is 4.94. The number of fused-ring (bicyclic) bond motifs is 1. The first-order valence-electron chi connectivity index (χ1n) is 10.2. The van der Waals surface area contributed by atoms with Crippen LogP contribution in [0.1, 0.15) is 28.3 Å². The van der Waals surface area contributed by atoms with Crippen LogP contribution in [-0.2, 0) is 16.0 Å². The van der Waals surface area contributed by atoms with Crippen LogP contribution in [-0.4, -0.2) is 28.4 Å². The smallest absolute Gasteiger partial charge is 0.300 e. The van der Waals surface area contributed by atoms with Gasteiger partial charge in [0.15, 0.2) is 0 Å². The zero-order valence-corrected chi connectivity index (χ0v) is 18.0. The number of amides is 1. The number of ketones is 1. The molecule has 0 radical (unpaired) electrons. The highest BCUT2D eigenvalue weighted by atomic mass is 35.5. The van der Waals surface area contributed by atoms with Gasteiger partial charge in [-0.3, -0.25) is 19.5 Å². The third-order valence-corrected chi connectivity index (χ3v) is 6.34. The van der Waals surface area contributed by atoms with E-state index in [1.54, 1.807) is 67.8 Å². The fourth-order valence-electron chi connectivity index (χ4n) is 4.29. The van der Waals surface area contributed by atoms with Crippen molar-refractivity contribution in [2.24, 2.45) is 0 Å². The Morgan fingerprint density at radius 1 is 1.16 bits per heavy atom. The van der Waals surface area contributed by atoms with E-state index in [4.69, 9.17) is 16.3 Å². The lowest BCUT2D eigenvalue weighted by Crippen LogP contribution is -2.30. The van der Waals surface area contributed by atoms with Gasteiger partial charge < -0.3 is 9.84 Å². The molecule has 7 heteroatoms. The third kappa shape index (κ3) is 3.15. The van der Waals surface area contributed by atoms with Crippen molar-refractivity contribution in [1.29, 1.82) is 0 Å². The number of aromatic nitrogens is 1. The summed E-state index contributed by atoms with van der Waals surface area (Å²) in [6.45, 7) is 2.37. The summed E-state index contributed by atoms with van der Waals surface area (Å²) in [6, 6.07) is 13.1. The molecule has 3 heterocycles. The van der Waals surface area contributed by atoms with Gasteiger partial charge in [0, 0.05) is 35.1 Å². The number of rotatable bonds is 3. The minimum absolute atomic E-state index is 0.0273. The monoisotopic (exact) mass is 446 g/mol. The molecule has 1 fully saturated rings. The molecule has 1 amide bonds. The molecule has 0 spiro atoms. The minimum Gasteiger partial charge on any atom is -0.507 e. The molecule has 5 rings (SSSR count). The predicted molar refractivity (Wildman–Crippen MR) is 121 cm³/mol. The van der Waals surface area contributed by atoms with Gasteiger partial charge in [0.05, 0.1) is 18.2 Å². The average molecular weight is 447 g/mol. The van der Waals surface area contributed by atoms with E-state index < -0.39 is 17.7 Å². The van der Waals surface area contributed by atoms with Crippen LogP contribution in [0, 0.1) is 6.92 Å². The van der Waals surface area contributed by atoms with E-state index in [1.165, 1.54) is 4.90 Å². The number of ether oxygens (including phenoxy) is 1. The molecule has 0 aliphatic carbocycles. The summed E-state index contributed by atoms with van der Waals surface area (Å²) < 4.78 is 5.54. The van der Waals surface area contributed by atoms with E-state index in [1.807, 2.05) is 0 Å². The summed E-state index contributed by atoms with van der Waals surface area (Å²) in [5, 5.41) is 11.7. The highest BCUT2D eigenvalue weighted by Gasteiger charge is 2.47. The molecule has 1 atom stereocenters. The molecular formula is C25H19ClN2O4. The van der Waals surface area contributed by atoms with E-state index >= 15 is 0 Å². The summed E-state index contributed by atoms with van der Waals surface area (Å²) in [4.78, 5) is 31.9. The number of pyridine rings is 1. The van der Waals surface area contributed by atoms with Crippen molar-refractivity contribution in [1.82, 2.24) is 4.98 Å². The molecule has 32 heavy (non-hydrogen) atoms. The van der Waals surface area contributed by atoms with Crippen LogP contribution in [0.5, 0.6) is 5.75 Å². The van der Waals surface area contributed by atoms with E-state index in [-0.39, 0.29) is 11.3 Å². The van der Waals surface area contributed by atoms with Gasteiger partial charge in [0.2, 0.25) is 0 Å². The van der Waals surface area contributed by atoms with Crippen LogP contribution in [0.4, 0.5) is 5.69 Å². The largest absolute Gasteiger partial charge is 0.507 e. The number of halogens is 1. The van der Waals surface area contributed by atoms with Gasteiger partial charge in [-0.25, -0.2) is 0 Å². The van der Waals surface area contributed by atoms with Crippen molar-refractivity contribution >= 4 is 34.7 Å². The Morgan fingerprint density at radius 2 is 1.94 bits per heavy atom. The van der Waals surface area contributed by atoms with Crippen LogP contribution >= 0.6 is 11.6 Å². The molecule has 160 valence electrons. The number of carbonyl (C=O) groups excluding carboxylic acids is 2. The van der Waals surface area contributed by atoms with Crippen molar-refractivity contribution in [3.63, 3.8) is 0 Å². The van der Waals surface area contributed by atoms with E-state index in [9.17, 15) is 14.7 Å². The number of aliphatic hydroxyl groups is 1. The molecule has 2 aliphatic heterocycles. The van der Waals surface area contributed by atoms with Gasteiger partial charge in [-0.15, -0.1) is 0 Å². The number of benzene rings is 2. The zero-order chi connectivity index (χ0) is 22.4. The first-order valence-corrected chi connectivity index (χ1v) is 10.6. The lowest BCUT2D eigenvalue weighted by molar-refractivity contribution is -0.132. The molecule has 2 aromatic carbocycles. The molecule has 0 saturated carbocycles. The second kappa shape index (κ2) is 7.80. The van der Waals surface area contributed by atoms with E-state index in [2.05, 4.69) is 4.98 Å². The van der Waals surface area contributed by atoms with Crippen LogP contribution < -0.4 is 9.64 Å². The summed E-state index contributed by atoms with van der Waals surface area (Å²) in [5.74, 6) is -0.923. The lowest BCUT2D eigenvalue weighted by atomic mass is 9.95. The van der Waals surface area contributed by atoms with Gasteiger partial charge >= 0.3 is 0 Å². The normalized spacial score (nSPS) is 19.2. The summed E-state index contributed by atoms with van der Waals surface area (Å²) in [5.41, 5.74) is 3.29. The summed E-state index contributed by atoms with van der Waals surface area (Å²) in [7, 11) is 0. The summed E-state index contributed by atoms with van der Waals surface area (Å²) in [6.07, 6.45) is 3.90. The molecule has 1 N–H and O–H groups in total.